The highest BCUT2D eigenvalue weighted by Crippen LogP contribution is 2.36. The minimum atomic E-state index is -0.0976. The van der Waals surface area contributed by atoms with Gasteiger partial charge in [0.25, 0.3) is 0 Å². The van der Waals surface area contributed by atoms with Crippen molar-refractivity contribution in [3.63, 3.8) is 0 Å². The molecule has 0 bridgehead atoms. The van der Waals surface area contributed by atoms with Gasteiger partial charge in [0.2, 0.25) is 0 Å². The summed E-state index contributed by atoms with van der Waals surface area (Å²) in [5, 5.41) is 0. The smallest absolute Gasteiger partial charge is 0.151 e. The lowest BCUT2D eigenvalue weighted by atomic mass is 9.86. The van der Waals surface area contributed by atoms with E-state index in [4.69, 9.17) is 9.47 Å². The monoisotopic (exact) mass is 285 g/mol. The minimum absolute atomic E-state index is 0.0976. The third-order valence-electron chi connectivity index (χ3n) is 3.09. The van der Waals surface area contributed by atoms with Gasteiger partial charge in [0.05, 0.1) is 13.3 Å². The number of aldehydes is 1. The van der Waals surface area contributed by atoms with Gasteiger partial charge in [-0.2, -0.15) is 0 Å². The Morgan fingerprint density at radius 2 is 1.86 bits per heavy atom. The number of benzene rings is 1. The van der Waals surface area contributed by atoms with Gasteiger partial charge in [-0.05, 0) is 29.7 Å². The van der Waals surface area contributed by atoms with Crippen LogP contribution in [0.15, 0.2) is 36.7 Å². The summed E-state index contributed by atoms with van der Waals surface area (Å²) in [6, 6.07) is 7.34. The molecule has 1 heterocycles. The lowest BCUT2D eigenvalue weighted by Gasteiger charge is -2.23. The first-order valence-electron chi connectivity index (χ1n) is 6.70. The van der Waals surface area contributed by atoms with Crippen molar-refractivity contribution >= 4 is 6.29 Å². The van der Waals surface area contributed by atoms with Crippen LogP contribution in [-0.4, -0.2) is 18.4 Å². The first-order valence-corrected chi connectivity index (χ1v) is 6.70. The Labute approximate surface area is 124 Å². The average Bonchev–Trinajstić information content (AvgIpc) is 2.46. The van der Waals surface area contributed by atoms with Crippen LogP contribution in [0.1, 0.15) is 36.7 Å². The summed E-state index contributed by atoms with van der Waals surface area (Å²) in [5.41, 5.74) is 1.41. The maximum absolute atomic E-state index is 10.8. The molecule has 4 heteroatoms. The zero-order chi connectivity index (χ0) is 15.5. The molecule has 0 fully saturated rings. The number of aromatic nitrogens is 1. The first-order chi connectivity index (χ1) is 9.94. The predicted octanol–water partition coefficient (Wildman–Crippen LogP) is 3.99. The second-order valence-electron chi connectivity index (χ2n) is 5.79. The predicted molar refractivity (Wildman–Crippen MR) is 81.4 cm³/mol. The normalized spacial score (nSPS) is 11.0. The second kappa shape index (κ2) is 5.95. The Kier molecular flexibility index (Phi) is 4.26. The molecule has 0 aliphatic heterocycles. The molecular weight excluding hydrogens is 266 g/mol. The standard InChI is InChI=1S/C17H19NO3/c1-17(2,3)15-8-13(20-4)5-6-16(15)21-14-7-12(11-19)9-18-10-14/h5-11H,1-4H3. The van der Waals surface area contributed by atoms with Crippen molar-refractivity contribution in [2.75, 3.05) is 7.11 Å². The van der Waals surface area contributed by atoms with Gasteiger partial charge in [-0.15, -0.1) is 0 Å². The van der Waals surface area contributed by atoms with Crippen LogP contribution in [0, 0.1) is 0 Å². The number of rotatable bonds is 4. The second-order valence-corrected chi connectivity index (χ2v) is 5.79. The number of carbonyl (C=O) groups excluding carboxylic acids is 1. The van der Waals surface area contributed by atoms with Crippen molar-refractivity contribution in [2.45, 2.75) is 26.2 Å². The molecule has 0 radical (unpaired) electrons. The largest absolute Gasteiger partial charge is 0.497 e. The Balaban J connectivity index is 2.41. The Bertz CT molecular complexity index is 645. The van der Waals surface area contributed by atoms with Crippen LogP contribution in [0.25, 0.3) is 0 Å². The number of hydrogen-bond acceptors (Lipinski definition) is 4. The summed E-state index contributed by atoms with van der Waals surface area (Å²) in [7, 11) is 1.64. The van der Waals surface area contributed by atoms with E-state index in [1.165, 1.54) is 6.20 Å². The van der Waals surface area contributed by atoms with Crippen LogP contribution in [0.5, 0.6) is 17.2 Å². The van der Waals surface area contributed by atoms with E-state index in [9.17, 15) is 4.79 Å². The molecule has 1 aromatic heterocycles. The summed E-state index contributed by atoms with van der Waals surface area (Å²) >= 11 is 0. The van der Waals surface area contributed by atoms with Gasteiger partial charge in [0.1, 0.15) is 17.2 Å². The Hall–Kier alpha value is -2.36. The maximum atomic E-state index is 10.8. The van der Waals surface area contributed by atoms with Gasteiger partial charge >= 0.3 is 0 Å². The molecule has 21 heavy (non-hydrogen) atoms. The topological polar surface area (TPSA) is 48.4 Å². The molecule has 0 aliphatic carbocycles. The summed E-state index contributed by atoms with van der Waals surface area (Å²) in [6.45, 7) is 6.32. The number of methoxy groups -OCH3 is 1. The molecule has 0 unspecified atom stereocenters. The third kappa shape index (κ3) is 3.60. The van der Waals surface area contributed by atoms with Crippen LogP contribution >= 0.6 is 0 Å². The fourth-order valence-corrected chi connectivity index (χ4v) is 1.99. The number of carbonyl (C=O) groups is 1. The van der Waals surface area contributed by atoms with E-state index in [1.807, 2.05) is 18.2 Å². The Morgan fingerprint density at radius 1 is 1.10 bits per heavy atom. The van der Waals surface area contributed by atoms with Crippen LogP contribution in [0.3, 0.4) is 0 Å². The number of nitrogens with zero attached hydrogens (tertiary/aromatic N) is 1. The maximum Gasteiger partial charge on any atom is 0.151 e. The molecule has 4 nitrogen and oxygen atoms in total. The van der Waals surface area contributed by atoms with Gasteiger partial charge in [0.15, 0.2) is 6.29 Å². The van der Waals surface area contributed by atoms with Gasteiger partial charge in [-0.25, -0.2) is 0 Å². The van der Waals surface area contributed by atoms with Gasteiger partial charge in [-0.1, -0.05) is 20.8 Å². The van der Waals surface area contributed by atoms with E-state index in [0.29, 0.717) is 11.3 Å². The molecule has 0 spiro atoms. The van der Waals surface area contributed by atoms with Gasteiger partial charge in [0, 0.05) is 17.3 Å². The third-order valence-corrected chi connectivity index (χ3v) is 3.09. The van der Waals surface area contributed by atoms with E-state index in [0.717, 1.165) is 23.3 Å². The van der Waals surface area contributed by atoms with Crippen LogP contribution in [0.4, 0.5) is 0 Å². The summed E-state index contributed by atoms with van der Waals surface area (Å²) in [5.74, 6) is 2.05. The molecule has 0 aliphatic rings. The van der Waals surface area contributed by atoms with Crippen LogP contribution < -0.4 is 9.47 Å². The molecule has 110 valence electrons. The quantitative estimate of drug-likeness (QED) is 0.797. The number of pyridine rings is 1. The van der Waals surface area contributed by atoms with E-state index < -0.39 is 0 Å². The van der Waals surface area contributed by atoms with Gasteiger partial charge < -0.3 is 9.47 Å². The van der Waals surface area contributed by atoms with E-state index in [2.05, 4.69) is 25.8 Å². The highest BCUT2D eigenvalue weighted by Gasteiger charge is 2.20. The molecule has 0 N–H and O–H groups in total. The summed E-state index contributed by atoms with van der Waals surface area (Å²) in [4.78, 5) is 14.8. The van der Waals surface area contributed by atoms with Crippen LogP contribution in [0.2, 0.25) is 0 Å². The average molecular weight is 285 g/mol. The molecular formula is C17H19NO3. The molecule has 2 aromatic rings. The van der Waals surface area contributed by atoms with Crippen molar-refractivity contribution in [1.29, 1.82) is 0 Å². The summed E-state index contributed by atoms with van der Waals surface area (Å²) < 4.78 is 11.2. The molecule has 1 aromatic carbocycles. The van der Waals surface area contributed by atoms with Crippen molar-refractivity contribution < 1.29 is 14.3 Å². The van der Waals surface area contributed by atoms with E-state index >= 15 is 0 Å². The zero-order valence-electron chi connectivity index (χ0n) is 12.7. The SMILES string of the molecule is COc1ccc(Oc2cncc(C=O)c2)c(C(C)(C)C)c1. The number of ether oxygens (including phenoxy) is 2. The minimum Gasteiger partial charge on any atom is -0.497 e. The van der Waals surface area contributed by atoms with Crippen molar-refractivity contribution in [2.24, 2.45) is 0 Å². The fourth-order valence-electron chi connectivity index (χ4n) is 1.99. The fraction of sp³-hybridized carbons (Fsp3) is 0.294. The van der Waals surface area contributed by atoms with E-state index in [-0.39, 0.29) is 5.41 Å². The van der Waals surface area contributed by atoms with Crippen molar-refractivity contribution in [3.8, 4) is 17.2 Å². The van der Waals surface area contributed by atoms with E-state index in [1.54, 1.807) is 19.4 Å². The molecule has 0 atom stereocenters. The van der Waals surface area contributed by atoms with Gasteiger partial charge in [-0.3, -0.25) is 9.78 Å². The van der Waals surface area contributed by atoms with Crippen molar-refractivity contribution in [3.05, 3.63) is 47.8 Å². The van der Waals surface area contributed by atoms with Crippen molar-refractivity contribution in [1.82, 2.24) is 4.98 Å². The van der Waals surface area contributed by atoms with Crippen LogP contribution in [-0.2, 0) is 5.41 Å². The number of hydrogen-bond donors (Lipinski definition) is 0. The molecule has 0 saturated heterocycles. The molecule has 0 saturated carbocycles. The lowest BCUT2D eigenvalue weighted by molar-refractivity contribution is 0.112. The zero-order valence-corrected chi connectivity index (χ0v) is 12.7. The highest BCUT2D eigenvalue weighted by molar-refractivity contribution is 5.74. The Morgan fingerprint density at radius 3 is 2.48 bits per heavy atom. The first kappa shape index (κ1) is 15.0. The molecule has 2 rings (SSSR count). The molecule has 0 amide bonds. The lowest BCUT2D eigenvalue weighted by Crippen LogP contribution is -2.12. The highest BCUT2D eigenvalue weighted by atomic mass is 16.5. The summed E-state index contributed by atoms with van der Waals surface area (Å²) in [6.07, 6.45) is 3.83.